The Morgan fingerprint density at radius 1 is 1.29 bits per heavy atom. The topological polar surface area (TPSA) is 29.3 Å². The first kappa shape index (κ1) is 10.4. The van der Waals surface area contributed by atoms with Gasteiger partial charge in [0, 0.05) is 19.1 Å². The lowest BCUT2D eigenvalue weighted by Gasteiger charge is -2.49. The van der Waals surface area contributed by atoms with Crippen LogP contribution in [0.4, 0.5) is 0 Å². The fraction of sp³-hybridized carbons (Fsp3) is 1.00. The highest BCUT2D eigenvalue weighted by atomic mass is 15.2. The van der Waals surface area contributed by atoms with Crippen molar-refractivity contribution in [2.75, 3.05) is 19.6 Å². The number of nitrogens with two attached hydrogens (primary N) is 1. The minimum atomic E-state index is 0.589. The maximum atomic E-state index is 5.61. The van der Waals surface area contributed by atoms with Crippen molar-refractivity contribution in [3.05, 3.63) is 0 Å². The second kappa shape index (κ2) is 3.82. The molecule has 82 valence electrons. The highest BCUT2D eigenvalue weighted by Crippen LogP contribution is 2.38. The third kappa shape index (κ3) is 2.12. The Hall–Kier alpha value is -0.0800. The van der Waals surface area contributed by atoms with Gasteiger partial charge < -0.3 is 5.73 Å². The van der Waals surface area contributed by atoms with Crippen LogP contribution >= 0.6 is 0 Å². The lowest BCUT2D eigenvalue weighted by Crippen LogP contribution is -2.56. The average Bonchev–Trinajstić information content (AvgIpc) is 2.49. The largest absolute Gasteiger partial charge is 0.330 e. The Bertz CT molecular complexity index is 192. The van der Waals surface area contributed by atoms with Crippen molar-refractivity contribution < 1.29 is 0 Å². The molecule has 1 saturated carbocycles. The normalized spacial score (nSPS) is 37.1. The molecule has 2 unspecified atom stereocenters. The summed E-state index contributed by atoms with van der Waals surface area (Å²) in [5, 5.41) is 0. The van der Waals surface area contributed by atoms with Gasteiger partial charge in [0.2, 0.25) is 0 Å². The highest BCUT2D eigenvalue weighted by Gasteiger charge is 2.40. The molecule has 2 rings (SSSR count). The van der Waals surface area contributed by atoms with Crippen LogP contribution in [0.15, 0.2) is 0 Å². The van der Waals surface area contributed by atoms with Gasteiger partial charge in [-0.1, -0.05) is 13.8 Å². The highest BCUT2D eigenvalue weighted by molar-refractivity contribution is 4.94. The Morgan fingerprint density at radius 2 is 2.00 bits per heavy atom. The van der Waals surface area contributed by atoms with Crippen molar-refractivity contribution in [3.63, 3.8) is 0 Å². The molecule has 2 atom stereocenters. The van der Waals surface area contributed by atoms with Gasteiger partial charge in [0.25, 0.3) is 0 Å². The molecule has 2 nitrogen and oxygen atoms in total. The van der Waals surface area contributed by atoms with Crippen LogP contribution in [0.5, 0.6) is 0 Å². The van der Waals surface area contributed by atoms with Crippen molar-refractivity contribution in [2.24, 2.45) is 17.1 Å². The molecule has 2 aliphatic rings. The summed E-state index contributed by atoms with van der Waals surface area (Å²) >= 11 is 0. The van der Waals surface area contributed by atoms with Crippen LogP contribution in [0.1, 0.15) is 39.5 Å². The van der Waals surface area contributed by atoms with E-state index in [4.69, 9.17) is 5.73 Å². The summed E-state index contributed by atoms with van der Waals surface area (Å²) in [5.41, 5.74) is 6.20. The number of nitrogens with zero attached hydrogens (tertiary/aromatic N) is 1. The zero-order valence-electron chi connectivity index (χ0n) is 9.63. The molecular weight excluding hydrogens is 172 g/mol. The Kier molecular flexibility index (Phi) is 2.85. The van der Waals surface area contributed by atoms with E-state index in [9.17, 15) is 0 Å². The molecule has 2 N–H and O–H groups in total. The second-order valence-electron chi connectivity index (χ2n) is 5.98. The molecule has 0 radical (unpaired) electrons. The van der Waals surface area contributed by atoms with E-state index in [0.717, 1.165) is 18.5 Å². The van der Waals surface area contributed by atoms with Crippen LogP contribution in [0.2, 0.25) is 0 Å². The molecule has 0 amide bonds. The summed E-state index contributed by atoms with van der Waals surface area (Å²) in [6.45, 7) is 8.24. The molecule has 0 spiro atoms. The van der Waals surface area contributed by atoms with Crippen molar-refractivity contribution in [2.45, 2.75) is 45.6 Å². The van der Waals surface area contributed by atoms with E-state index in [2.05, 4.69) is 18.7 Å². The summed E-state index contributed by atoms with van der Waals surface area (Å²) in [6, 6.07) is 0.888. The maximum Gasteiger partial charge on any atom is 0.00984 e. The van der Waals surface area contributed by atoms with Crippen LogP contribution < -0.4 is 5.73 Å². The molecule has 2 heteroatoms. The zero-order chi connectivity index (χ0) is 10.2. The zero-order valence-corrected chi connectivity index (χ0v) is 9.63. The average molecular weight is 196 g/mol. The standard InChI is InChI=1S/C12H24N2/c1-12(2)8-14(9-12)11-4-3-10(7-11)5-6-13/h10-11H,3-9,13H2,1-2H3. The van der Waals surface area contributed by atoms with Gasteiger partial charge in [-0.3, -0.25) is 4.90 Å². The number of likely N-dealkylation sites (tertiary alicyclic amines) is 1. The molecular formula is C12H24N2. The molecule has 0 aromatic heterocycles. The molecule has 0 aromatic rings. The Morgan fingerprint density at radius 3 is 2.57 bits per heavy atom. The van der Waals surface area contributed by atoms with E-state index in [0.29, 0.717) is 5.41 Å². The van der Waals surface area contributed by atoms with E-state index in [-0.39, 0.29) is 0 Å². The van der Waals surface area contributed by atoms with Gasteiger partial charge in [0.1, 0.15) is 0 Å². The summed E-state index contributed by atoms with van der Waals surface area (Å²) in [5.74, 6) is 0.925. The Balaban J connectivity index is 1.74. The van der Waals surface area contributed by atoms with Crippen LogP contribution in [-0.4, -0.2) is 30.6 Å². The summed E-state index contributed by atoms with van der Waals surface area (Å²) in [7, 11) is 0. The molecule has 1 heterocycles. The number of hydrogen-bond donors (Lipinski definition) is 1. The van der Waals surface area contributed by atoms with Crippen LogP contribution in [-0.2, 0) is 0 Å². The first-order valence-corrected chi connectivity index (χ1v) is 6.05. The molecule has 1 saturated heterocycles. The fourth-order valence-electron chi connectivity index (χ4n) is 3.19. The fourth-order valence-corrected chi connectivity index (χ4v) is 3.19. The van der Waals surface area contributed by atoms with E-state index in [1.807, 2.05) is 0 Å². The van der Waals surface area contributed by atoms with Crippen LogP contribution in [0.25, 0.3) is 0 Å². The van der Waals surface area contributed by atoms with Crippen molar-refractivity contribution in [1.29, 1.82) is 0 Å². The first-order chi connectivity index (χ1) is 6.61. The van der Waals surface area contributed by atoms with Gasteiger partial charge in [-0.2, -0.15) is 0 Å². The number of rotatable bonds is 3. The van der Waals surface area contributed by atoms with E-state index in [1.54, 1.807) is 0 Å². The predicted octanol–water partition coefficient (Wildman–Crippen LogP) is 1.85. The SMILES string of the molecule is CC1(C)CN(C2CCC(CCN)C2)C1. The molecule has 1 aliphatic carbocycles. The smallest absolute Gasteiger partial charge is 0.00984 e. The molecule has 0 aromatic carbocycles. The second-order valence-corrected chi connectivity index (χ2v) is 5.98. The van der Waals surface area contributed by atoms with Crippen molar-refractivity contribution >= 4 is 0 Å². The van der Waals surface area contributed by atoms with Crippen LogP contribution in [0, 0.1) is 11.3 Å². The summed E-state index contributed by atoms with van der Waals surface area (Å²) in [6.07, 6.45) is 5.49. The van der Waals surface area contributed by atoms with Gasteiger partial charge in [0.05, 0.1) is 0 Å². The monoisotopic (exact) mass is 196 g/mol. The minimum absolute atomic E-state index is 0.589. The Labute approximate surface area is 87.8 Å². The van der Waals surface area contributed by atoms with Gasteiger partial charge in [-0.25, -0.2) is 0 Å². The molecule has 14 heavy (non-hydrogen) atoms. The van der Waals surface area contributed by atoms with Gasteiger partial charge in [-0.05, 0) is 43.6 Å². The first-order valence-electron chi connectivity index (χ1n) is 6.05. The molecule has 0 bridgehead atoms. The maximum absolute atomic E-state index is 5.61. The van der Waals surface area contributed by atoms with E-state index >= 15 is 0 Å². The van der Waals surface area contributed by atoms with E-state index in [1.165, 1.54) is 38.8 Å². The minimum Gasteiger partial charge on any atom is -0.330 e. The summed E-state index contributed by atoms with van der Waals surface area (Å²) in [4.78, 5) is 2.68. The lowest BCUT2D eigenvalue weighted by molar-refractivity contribution is -0.00498. The third-order valence-electron chi connectivity index (χ3n) is 3.87. The quantitative estimate of drug-likeness (QED) is 0.746. The van der Waals surface area contributed by atoms with Crippen LogP contribution in [0.3, 0.4) is 0 Å². The molecule has 2 fully saturated rings. The lowest BCUT2D eigenvalue weighted by atomic mass is 9.83. The van der Waals surface area contributed by atoms with Gasteiger partial charge in [-0.15, -0.1) is 0 Å². The van der Waals surface area contributed by atoms with Gasteiger partial charge in [0.15, 0.2) is 0 Å². The van der Waals surface area contributed by atoms with Crippen molar-refractivity contribution in [3.8, 4) is 0 Å². The predicted molar refractivity (Wildman–Crippen MR) is 60.2 cm³/mol. The van der Waals surface area contributed by atoms with Gasteiger partial charge >= 0.3 is 0 Å². The summed E-state index contributed by atoms with van der Waals surface area (Å²) < 4.78 is 0. The third-order valence-corrected chi connectivity index (χ3v) is 3.87. The van der Waals surface area contributed by atoms with E-state index < -0.39 is 0 Å². The molecule has 1 aliphatic heterocycles. The van der Waals surface area contributed by atoms with Crippen molar-refractivity contribution in [1.82, 2.24) is 4.90 Å². The number of hydrogen-bond acceptors (Lipinski definition) is 2.